The van der Waals surface area contributed by atoms with Crippen molar-refractivity contribution in [1.29, 1.82) is 0 Å². The number of fused-ring (bicyclic) bond motifs is 1. The summed E-state index contributed by atoms with van der Waals surface area (Å²) in [6.07, 6.45) is 6.11. The lowest BCUT2D eigenvalue weighted by molar-refractivity contribution is 0.248. The molecule has 10 nitrogen and oxygen atoms in total. The Balaban J connectivity index is 1.42. The fourth-order valence-corrected chi connectivity index (χ4v) is 5.01. The van der Waals surface area contributed by atoms with Gasteiger partial charge >= 0.3 is 6.03 Å². The van der Waals surface area contributed by atoms with Crippen LogP contribution in [0.4, 0.5) is 27.8 Å². The fourth-order valence-electron chi connectivity index (χ4n) is 5.01. The summed E-state index contributed by atoms with van der Waals surface area (Å²) in [5.41, 5.74) is 3.79. The molecule has 2 amide bonds. The quantitative estimate of drug-likeness (QED) is 0.504. The molecule has 1 aliphatic carbocycles. The van der Waals surface area contributed by atoms with E-state index < -0.39 is 0 Å². The summed E-state index contributed by atoms with van der Waals surface area (Å²) in [7, 11) is 3.83. The molecular formula is C26H34N8O2. The van der Waals surface area contributed by atoms with Gasteiger partial charge < -0.3 is 25.8 Å². The van der Waals surface area contributed by atoms with Crippen LogP contribution in [0.1, 0.15) is 31.2 Å². The zero-order valence-electron chi connectivity index (χ0n) is 21.2. The molecule has 5 rings (SSSR count). The summed E-state index contributed by atoms with van der Waals surface area (Å²) >= 11 is 0. The van der Waals surface area contributed by atoms with Crippen molar-refractivity contribution < 1.29 is 4.79 Å². The lowest BCUT2D eigenvalue weighted by Gasteiger charge is -2.35. The maximum Gasteiger partial charge on any atom is 0.319 e. The summed E-state index contributed by atoms with van der Waals surface area (Å²) in [5, 5.41) is 10.3. The van der Waals surface area contributed by atoms with Crippen molar-refractivity contribution in [3.8, 4) is 0 Å². The van der Waals surface area contributed by atoms with Crippen LogP contribution in [0, 0.1) is 6.92 Å². The van der Waals surface area contributed by atoms with Crippen molar-refractivity contribution in [2.75, 3.05) is 48.8 Å². The Labute approximate surface area is 210 Å². The Morgan fingerprint density at radius 1 is 1.06 bits per heavy atom. The monoisotopic (exact) mass is 490 g/mol. The number of aryl methyl sites for hydroxylation is 2. The van der Waals surface area contributed by atoms with Gasteiger partial charge in [0.25, 0.3) is 5.56 Å². The number of nitrogens with one attached hydrogen (secondary N) is 3. The third-order valence-electron chi connectivity index (χ3n) is 7.22. The van der Waals surface area contributed by atoms with Gasteiger partial charge in [0.1, 0.15) is 5.65 Å². The van der Waals surface area contributed by atoms with E-state index >= 15 is 0 Å². The number of carbonyl (C=O) groups is 1. The minimum Gasteiger partial charge on any atom is -0.367 e. The van der Waals surface area contributed by atoms with Gasteiger partial charge in [-0.3, -0.25) is 9.36 Å². The highest BCUT2D eigenvalue weighted by Crippen LogP contribution is 2.31. The Bertz CT molecular complexity index is 1320. The van der Waals surface area contributed by atoms with Crippen LogP contribution in [-0.4, -0.2) is 64.7 Å². The highest BCUT2D eigenvalue weighted by molar-refractivity contribution is 5.94. The smallest absolute Gasteiger partial charge is 0.319 e. The number of anilines is 4. The van der Waals surface area contributed by atoms with Crippen LogP contribution < -0.4 is 26.4 Å². The van der Waals surface area contributed by atoms with Gasteiger partial charge in [-0.05, 0) is 50.6 Å². The number of pyridine rings is 1. The topological polar surface area (TPSA) is 107 Å². The molecule has 36 heavy (non-hydrogen) atoms. The first-order chi connectivity index (χ1) is 17.4. The zero-order valence-corrected chi connectivity index (χ0v) is 21.2. The molecule has 10 heteroatoms. The zero-order chi connectivity index (χ0) is 25.2. The molecule has 0 atom stereocenters. The second-order valence-corrected chi connectivity index (χ2v) is 9.88. The van der Waals surface area contributed by atoms with E-state index in [1.165, 1.54) is 4.57 Å². The van der Waals surface area contributed by atoms with Crippen LogP contribution in [0.15, 0.2) is 35.3 Å². The van der Waals surface area contributed by atoms with Crippen LogP contribution in [0.5, 0.6) is 0 Å². The van der Waals surface area contributed by atoms with E-state index in [1.807, 2.05) is 25.1 Å². The summed E-state index contributed by atoms with van der Waals surface area (Å²) in [6.45, 7) is 5.60. The number of amides is 2. The molecule has 190 valence electrons. The molecule has 3 heterocycles. The molecule has 0 unspecified atom stereocenters. The highest BCUT2D eigenvalue weighted by Gasteiger charge is 2.21. The predicted molar refractivity (Wildman–Crippen MR) is 143 cm³/mol. The average molecular weight is 491 g/mol. The maximum atomic E-state index is 12.8. The van der Waals surface area contributed by atoms with Crippen molar-refractivity contribution in [3.05, 3.63) is 46.4 Å². The minimum absolute atomic E-state index is 0.110. The van der Waals surface area contributed by atoms with Crippen LogP contribution in [0.3, 0.4) is 0 Å². The molecule has 1 aromatic carbocycles. The van der Waals surface area contributed by atoms with Gasteiger partial charge in [-0.15, -0.1) is 0 Å². The largest absolute Gasteiger partial charge is 0.367 e. The molecule has 3 N–H and O–H groups in total. The van der Waals surface area contributed by atoms with Crippen molar-refractivity contribution in [1.82, 2.24) is 24.8 Å². The van der Waals surface area contributed by atoms with E-state index in [-0.39, 0.29) is 17.6 Å². The lowest BCUT2D eigenvalue weighted by atomic mass is 10.2. The standard InChI is InChI=1S/C26H34N8O2/c1-17-14-23(35)33(3)24-20(17)16-27-25(31-24)28-19-8-9-22(34-12-10-32(2)11-13-34)21(15-19)30-26(36)29-18-6-4-5-7-18/h8-9,14-16,18H,4-7,10-13H2,1-3H3,(H,27,28,31)(H2,29,30,36). The number of likely N-dealkylation sites (N-methyl/N-ethyl adjacent to an activating group) is 1. The van der Waals surface area contributed by atoms with Crippen LogP contribution in [-0.2, 0) is 7.05 Å². The van der Waals surface area contributed by atoms with E-state index in [9.17, 15) is 9.59 Å². The van der Waals surface area contributed by atoms with Gasteiger partial charge in [0.2, 0.25) is 5.95 Å². The van der Waals surface area contributed by atoms with Crippen LogP contribution in [0.25, 0.3) is 11.0 Å². The van der Waals surface area contributed by atoms with Crippen molar-refractivity contribution >= 4 is 40.1 Å². The minimum atomic E-state index is -0.179. The Morgan fingerprint density at radius 2 is 1.81 bits per heavy atom. The first-order valence-corrected chi connectivity index (χ1v) is 12.6. The molecule has 1 saturated carbocycles. The first-order valence-electron chi connectivity index (χ1n) is 12.6. The molecule has 2 aliphatic rings. The molecule has 0 spiro atoms. The molecule has 2 fully saturated rings. The van der Waals surface area contributed by atoms with E-state index in [1.54, 1.807) is 19.3 Å². The number of hydrogen-bond acceptors (Lipinski definition) is 7. The Morgan fingerprint density at radius 3 is 2.56 bits per heavy atom. The third kappa shape index (κ3) is 5.13. The second kappa shape index (κ2) is 10.1. The number of carbonyl (C=O) groups excluding carboxylic acids is 1. The van der Waals surface area contributed by atoms with Crippen molar-refractivity contribution in [2.45, 2.75) is 38.6 Å². The van der Waals surface area contributed by atoms with Gasteiger partial charge in [0, 0.05) is 62.6 Å². The Kier molecular flexibility index (Phi) is 6.77. The number of aromatic nitrogens is 3. The molecular weight excluding hydrogens is 456 g/mol. The summed E-state index contributed by atoms with van der Waals surface area (Å²) < 4.78 is 1.52. The summed E-state index contributed by atoms with van der Waals surface area (Å²) in [4.78, 5) is 38.7. The highest BCUT2D eigenvalue weighted by atomic mass is 16.2. The summed E-state index contributed by atoms with van der Waals surface area (Å²) in [5.74, 6) is 0.386. The van der Waals surface area contributed by atoms with E-state index in [4.69, 9.17) is 0 Å². The second-order valence-electron chi connectivity index (χ2n) is 9.88. The predicted octanol–water partition coefficient (Wildman–Crippen LogP) is 3.20. The number of rotatable bonds is 5. The lowest BCUT2D eigenvalue weighted by Crippen LogP contribution is -2.45. The van der Waals surface area contributed by atoms with Gasteiger partial charge in [-0.1, -0.05) is 12.8 Å². The van der Waals surface area contributed by atoms with Crippen molar-refractivity contribution in [2.24, 2.45) is 7.05 Å². The average Bonchev–Trinajstić information content (AvgIpc) is 3.36. The van der Waals surface area contributed by atoms with Gasteiger partial charge in [-0.25, -0.2) is 9.78 Å². The third-order valence-corrected chi connectivity index (χ3v) is 7.22. The number of piperazine rings is 1. The number of benzene rings is 1. The number of urea groups is 1. The first kappa shape index (κ1) is 24.1. The molecule has 0 radical (unpaired) electrons. The normalized spacial score (nSPS) is 16.9. The van der Waals surface area contributed by atoms with E-state index in [2.05, 4.69) is 42.8 Å². The fraction of sp³-hybridized carbons (Fsp3) is 0.462. The molecule has 2 aromatic heterocycles. The van der Waals surface area contributed by atoms with Crippen LogP contribution >= 0.6 is 0 Å². The molecule has 0 bridgehead atoms. The van der Waals surface area contributed by atoms with Gasteiger partial charge in [0.15, 0.2) is 0 Å². The maximum absolute atomic E-state index is 12.8. The SMILES string of the molecule is Cc1cc(=O)n(C)c2nc(Nc3ccc(N4CCN(C)CC4)c(NC(=O)NC4CCCC4)c3)ncc12. The van der Waals surface area contributed by atoms with Crippen LogP contribution in [0.2, 0.25) is 0 Å². The molecule has 1 saturated heterocycles. The molecule has 3 aromatic rings. The Hall–Kier alpha value is -3.66. The van der Waals surface area contributed by atoms with Gasteiger partial charge in [0.05, 0.1) is 11.4 Å². The van der Waals surface area contributed by atoms with Gasteiger partial charge in [-0.2, -0.15) is 4.98 Å². The number of hydrogen-bond donors (Lipinski definition) is 3. The van der Waals surface area contributed by atoms with E-state index in [0.717, 1.165) is 79.9 Å². The summed E-state index contributed by atoms with van der Waals surface area (Å²) in [6, 6.07) is 7.56. The van der Waals surface area contributed by atoms with E-state index in [0.29, 0.717) is 11.6 Å². The molecule has 1 aliphatic heterocycles. The van der Waals surface area contributed by atoms with Crippen molar-refractivity contribution in [3.63, 3.8) is 0 Å². The number of nitrogens with zero attached hydrogens (tertiary/aromatic N) is 5.